The van der Waals surface area contributed by atoms with Crippen LogP contribution >= 0.6 is 11.3 Å². The van der Waals surface area contributed by atoms with Crippen LogP contribution in [0, 0.1) is 12.8 Å². The van der Waals surface area contributed by atoms with Crippen LogP contribution in [0.5, 0.6) is 0 Å². The highest BCUT2D eigenvalue weighted by Gasteiger charge is 2.28. The average Bonchev–Trinajstić information content (AvgIpc) is 3.01. The summed E-state index contributed by atoms with van der Waals surface area (Å²) in [6, 6.07) is 8.71. The van der Waals surface area contributed by atoms with Crippen LogP contribution in [0.4, 0.5) is 0 Å². The summed E-state index contributed by atoms with van der Waals surface area (Å²) in [6.07, 6.45) is 3.73. The molecule has 1 aromatic heterocycles. The maximum Gasteiger partial charge on any atom is 0.243 e. The first kappa shape index (κ1) is 17.5. The smallest absolute Gasteiger partial charge is 0.243 e. The molecule has 0 spiro atoms. The van der Waals surface area contributed by atoms with Gasteiger partial charge in [0.1, 0.15) is 0 Å². The number of aryl methyl sites for hydroxylation is 1. The normalized spacial score (nSPS) is 17.2. The summed E-state index contributed by atoms with van der Waals surface area (Å²) in [6.45, 7) is 4.98. The van der Waals surface area contributed by atoms with Crippen LogP contribution in [0.3, 0.4) is 0 Å². The van der Waals surface area contributed by atoms with Crippen molar-refractivity contribution >= 4 is 21.4 Å². The second-order valence-corrected chi connectivity index (χ2v) is 9.39. The van der Waals surface area contributed by atoms with E-state index in [1.54, 1.807) is 39.9 Å². The van der Waals surface area contributed by atoms with Gasteiger partial charge in [-0.2, -0.15) is 4.31 Å². The average molecular weight is 366 g/mol. The highest BCUT2D eigenvalue weighted by molar-refractivity contribution is 7.89. The Morgan fingerprint density at radius 2 is 1.96 bits per heavy atom. The summed E-state index contributed by atoms with van der Waals surface area (Å²) in [4.78, 5) is 5.89. The molecule has 3 rings (SSSR count). The first-order valence-corrected chi connectivity index (χ1v) is 10.5. The van der Waals surface area contributed by atoms with E-state index in [4.69, 9.17) is 0 Å². The van der Waals surface area contributed by atoms with Crippen molar-refractivity contribution in [3.63, 3.8) is 0 Å². The summed E-state index contributed by atoms with van der Waals surface area (Å²) in [5.74, 6) is 0.529. The molecule has 0 radical (unpaired) electrons. The topological polar surface area (TPSA) is 62.3 Å². The van der Waals surface area contributed by atoms with Gasteiger partial charge in [0.05, 0.1) is 9.90 Å². The van der Waals surface area contributed by atoms with Crippen molar-refractivity contribution in [1.29, 1.82) is 0 Å². The van der Waals surface area contributed by atoms with Crippen LogP contribution < -0.4 is 5.32 Å². The van der Waals surface area contributed by atoms with E-state index < -0.39 is 10.0 Å². The molecule has 0 unspecified atom stereocenters. The zero-order valence-corrected chi connectivity index (χ0v) is 15.4. The largest absolute Gasteiger partial charge is 0.312 e. The van der Waals surface area contributed by atoms with Crippen LogP contribution in [0.15, 0.2) is 41.4 Å². The molecule has 0 aliphatic carbocycles. The minimum atomic E-state index is -3.34. The van der Waals surface area contributed by atoms with Crippen molar-refractivity contribution in [2.75, 3.05) is 19.6 Å². The Morgan fingerprint density at radius 3 is 2.58 bits per heavy atom. The summed E-state index contributed by atoms with van der Waals surface area (Å²) < 4.78 is 26.8. The van der Waals surface area contributed by atoms with Gasteiger partial charge in [-0.05, 0) is 44.4 Å². The second kappa shape index (κ2) is 7.74. The molecule has 0 bridgehead atoms. The van der Waals surface area contributed by atoms with Crippen molar-refractivity contribution in [2.24, 2.45) is 5.92 Å². The minimum absolute atomic E-state index is 0.391. The molecule has 24 heavy (non-hydrogen) atoms. The molecule has 1 aliphatic heterocycles. The van der Waals surface area contributed by atoms with Gasteiger partial charge in [0.25, 0.3) is 0 Å². The van der Waals surface area contributed by atoms with E-state index in [2.05, 4.69) is 10.3 Å². The molecule has 1 aliphatic rings. The third-order valence-electron chi connectivity index (χ3n) is 4.36. The predicted octanol–water partition coefficient (Wildman–Crippen LogP) is 2.64. The maximum absolute atomic E-state index is 12.6. The van der Waals surface area contributed by atoms with Gasteiger partial charge in [0.15, 0.2) is 0 Å². The van der Waals surface area contributed by atoms with Crippen LogP contribution in [-0.4, -0.2) is 37.3 Å². The van der Waals surface area contributed by atoms with Crippen LogP contribution in [0.25, 0.3) is 0 Å². The summed E-state index contributed by atoms with van der Waals surface area (Å²) in [5, 5.41) is 4.56. The number of sulfonamides is 1. The number of nitrogens with one attached hydrogen (secondary N) is 1. The maximum atomic E-state index is 12.6. The van der Waals surface area contributed by atoms with E-state index in [1.807, 2.05) is 19.2 Å². The highest BCUT2D eigenvalue weighted by Crippen LogP contribution is 2.23. The molecule has 5 nitrogen and oxygen atoms in total. The zero-order chi connectivity index (χ0) is 17.0. The fraction of sp³-hybridized carbons (Fsp3) is 0.471. The van der Waals surface area contributed by atoms with Crippen LogP contribution in [0.1, 0.15) is 22.7 Å². The Kier molecular flexibility index (Phi) is 5.65. The summed E-state index contributed by atoms with van der Waals surface area (Å²) in [7, 11) is -3.34. The van der Waals surface area contributed by atoms with Gasteiger partial charge in [0, 0.05) is 30.7 Å². The Balaban J connectivity index is 1.47. The lowest BCUT2D eigenvalue weighted by Crippen LogP contribution is -2.40. The Labute approximate surface area is 147 Å². The molecule has 1 aromatic carbocycles. The summed E-state index contributed by atoms with van der Waals surface area (Å²) in [5.41, 5.74) is 0. The molecule has 0 saturated carbocycles. The molecule has 1 saturated heterocycles. The molecule has 1 fully saturated rings. The van der Waals surface area contributed by atoms with E-state index in [-0.39, 0.29) is 0 Å². The van der Waals surface area contributed by atoms with Crippen molar-refractivity contribution in [1.82, 2.24) is 14.6 Å². The van der Waals surface area contributed by atoms with Crippen molar-refractivity contribution in [2.45, 2.75) is 31.2 Å². The lowest BCUT2D eigenvalue weighted by molar-refractivity contribution is 0.267. The van der Waals surface area contributed by atoms with Crippen molar-refractivity contribution in [3.8, 4) is 0 Å². The van der Waals surface area contributed by atoms with Gasteiger partial charge >= 0.3 is 0 Å². The van der Waals surface area contributed by atoms with Crippen molar-refractivity contribution in [3.05, 3.63) is 46.4 Å². The predicted molar refractivity (Wildman–Crippen MR) is 96.5 cm³/mol. The minimum Gasteiger partial charge on any atom is -0.312 e. The molecule has 130 valence electrons. The van der Waals surface area contributed by atoms with E-state index in [1.165, 1.54) is 4.88 Å². The summed E-state index contributed by atoms with van der Waals surface area (Å²) >= 11 is 1.71. The Hall–Kier alpha value is -1.28. The Bertz CT molecular complexity index is 751. The molecule has 2 aromatic rings. The first-order valence-electron chi connectivity index (χ1n) is 8.23. The monoisotopic (exact) mass is 365 g/mol. The second-order valence-electron chi connectivity index (χ2n) is 6.14. The number of hydrogen-bond donors (Lipinski definition) is 1. The lowest BCUT2D eigenvalue weighted by Gasteiger charge is -2.31. The fourth-order valence-corrected chi connectivity index (χ4v) is 5.24. The first-order chi connectivity index (χ1) is 11.6. The number of benzene rings is 1. The van der Waals surface area contributed by atoms with Crippen LogP contribution in [0.2, 0.25) is 0 Å². The molecule has 2 heterocycles. The molecular weight excluding hydrogens is 342 g/mol. The molecule has 7 heteroatoms. The number of rotatable bonds is 6. The van der Waals surface area contributed by atoms with Crippen LogP contribution in [-0.2, 0) is 16.6 Å². The number of nitrogens with zero attached hydrogens (tertiary/aromatic N) is 2. The van der Waals surface area contributed by atoms with Gasteiger partial charge in [-0.1, -0.05) is 18.2 Å². The number of aromatic nitrogens is 1. The zero-order valence-electron chi connectivity index (χ0n) is 13.8. The third-order valence-corrected chi connectivity index (χ3v) is 7.18. The number of piperidine rings is 1. The van der Waals surface area contributed by atoms with Gasteiger partial charge in [-0.3, -0.25) is 0 Å². The standard InChI is InChI=1S/C17H23N3O2S2/c1-14-19-13-16(23-14)12-18-11-15-7-9-20(10-8-15)24(21,22)17-5-3-2-4-6-17/h2-6,13,15,18H,7-12H2,1H3. The van der Waals surface area contributed by atoms with Gasteiger partial charge < -0.3 is 5.32 Å². The molecule has 0 atom stereocenters. The Morgan fingerprint density at radius 1 is 1.25 bits per heavy atom. The fourth-order valence-electron chi connectivity index (χ4n) is 2.98. The molecule has 0 amide bonds. The lowest BCUT2D eigenvalue weighted by atomic mass is 9.98. The van der Waals surface area contributed by atoms with E-state index >= 15 is 0 Å². The van der Waals surface area contributed by atoms with Gasteiger partial charge in [-0.15, -0.1) is 11.3 Å². The third kappa shape index (κ3) is 4.22. The van der Waals surface area contributed by atoms with E-state index in [0.29, 0.717) is 23.9 Å². The van der Waals surface area contributed by atoms with Crippen molar-refractivity contribution < 1.29 is 8.42 Å². The molecule has 1 N–H and O–H groups in total. The number of hydrogen-bond acceptors (Lipinski definition) is 5. The highest BCUT2D eigenvalue weighted by atomic mass is 32.2. The number of thiazole rings is 1. The van der Waals surface area contributed by atoms with E-state index in [0.717, 1.165) is 30.9 Å². The molecular formula is C17H23N3O2S2. The SMILES string of the molecule is Cc1ncc(CNCC2CCN(S(=O)(=O)c3ccccc3)CC2)s1. The quantitative estimate of drug-likeness (QED) is 0.855. The van der Waals surface area contributed by atoms with Gasteiger partial charge in [0.2, 0.25) is 10.0 Å². The van der Waals surface area contributed by atoms with E-state index in [9.17, 15) is 8.42 Å². The van der Waals surface area contributed by atoms with Gasteiger partial charge in [-0.25, -0.2) is 13.4 Å².